The maximum atomic E-state index is 13.6. The summed E-state index contributed by atoms with van der Waals surface area (Å²) in [5.41, 5.74) is 3.86. The van der Waals surface area contributed by atoms with E-state index in [4.69, 9.17) is 0 Å². The number of nitrogens with one attached hydrogen (secondary N) is 4. The van der Waals surface area contributed by atoms with Crippen LogP contribution in [0.25, 0.3) is 0 Å². The van der Waals surface area contributed by atoms with E-state index in [0.717, 1.165) is 34.3 Å². The number of hydrogen-bond donors (Lipinski definition) is 4. The Kier molecular flexibility index (Phi) is 6.08. The van der Waals surface area contributed by atoms with Gasteiger partial charge in [0.25, 0.3) is 0 Å². The van der Waals surface area contributed by atoms with Crippen molar-refractivity contribution in [2.45, 2.75) is 33.0 Å². The van der Waals surface area contributed by atoms with Crippen LogP contribution in [0.1, 0.15) is 29.2 Å². The van der Waals surface area contributed by atoms with Gasteiger partial charge >= 0.3 is 6.18 Å². The molecule has 10 heteroatoms. The van der Waals surface area contributed by atoms with Gasteiger partial charge in [0.1, 0.15) is 11.4 Å². The maximum absolute atomic E-state index is 13.6. The Balaban J connectivity index is 1.59. The second-order valence-electron chi connectivity index (χ2n) is 7.72. The smallest absolute Gasteiger partial charge is 0.385 e. The molecule has 3 aromatic rings. The first kappa shape index (κ1) is 22.4. The zero-order valence-corrected chi connectivity index (χ0v) is 18.1. The van der Waals surface area contributed by atoms with Gasteiger partial charge in [-0.15, -0.1) is 0 Å². The number of aromatic nitrogens is 2. The molecule has 0 fully saturated rings. The van der Waals surface area contributed by atoms with Crippen molar-refractivity contribution < 1.29 is 18.0 Å². The Morgan fingerprint density at radius 2 is 1.94 bits per heavy atom. The van der Waals surface area contributed by atoms with E-state index in [1.807, 2.05) is 32.0 Å². The van der Waals surface area contributed by atoms with Crippen molar-refractivity contribution in [1.82, 2.24) is 9.97 Å². The molecule has 0 bridgehead atoms. The minimum Gasteiger partial charge on any atom is -0.385 e. The van der Waals surface area contributed by atoms with Gasteiger partial charge in [0.05, 0.1) is 6.42 Å². The third kappa shape index (κ3) is 5.16. The average Bonchev–Trinajstić information content (AvgIpc) is 3.12. The van der Waals surface area contributed by atoms with Crippen molar-refractivity contribution >= 4 is 34.7 Å². The van der Waals surface area contributed by atoms with Gasteiger partial charge in [-0.25, -0.2) is 4.98 Å². The normalized spacial score (nSPS) is 12.8. The number of carbonyl (C=O) groups is 1. The molecule has 4 rings (SSSR count). The third-order valence-corrected chi connectivity index (χ3v) is 5.16. The molecule has 1 aliphatic heterocycles. The number of anilines is 5. The van der Waals surface area contributed by atoms with Gasteiger partial charge in [0.15, 0.2) is 0 Å². The Hall–Kier alpha value is -3.82. The Morgan fingerprint density at radius 3 is 2.70 bits per heavy atom. The van der Waals surface area contributed by atoms with Crippen molar-refractivity contribution in [1.29, 1.82) is 0 Å². The van der Waals surface area contributed by atoms with Crippen molar-refractivity contribution in [3.8, 4) is 0 Å². The van der Waals surface area contributed by atoms with E-state index in [1.165, 1.54) is 0 Å². The fraction of sp³-hybridized carbons (Fsp3) is 0.261. The highest BCUT2D eigenvalue weighted by Gasteiger charge is 2.35. The van der Waals surface area contributed by atoms with Crippen LogP contribution in [0.5, 0.6) is 0 Å². The van der Waals surface area contributed by atoms with E-state index in [9.17, 15) is 18.0 Å². The minimum absolute atomic E-state index is 0.0125. The van der Waals surface area contributed by atoms with Crippen LogP contribution in [0.4, 0.5) is 42.0 Å². The second kappa shape index (κ2) is 8.97. The summed E-state index contributed by atoms with van der Waals surface area (Å²) in [5, 5.41) is 11.7. The lowest BCUT2D eigenvalue weighted by atomic mass is 10.1. The lowest BCUT2D eigenvalue weighted by Crippen LogP contribution is -2.15. The lowest BCUT2D eigenvalue weighted by molar-refractivity contribution is -0.137. The van der Waals surface area contributed by atoms with E-state index in [1.54, 1.807) is 18.2 Å². The van der Waals surface area contributed by atoms with Crippen LogP contribution in [0.15, 0.2) is 42.6 Å². The number of halogens is 3. The molecule has 0 saturated carbocycles. The largest absolute Gasteiger partial charge is 0.421 e. The van der Waals surface area contributed by atoms with E-state index < -0.39 is 11.7 Å². The number of nitrogens with zero attached hydrogens (tertiary/aromatic N) is 2. The molecular formula is C23H23F3N6O. The molecule has 1 amide bonds. The van der Waals surface area contributed by atoms with Crippen LogP contribution >= 0.6 is 0 Å². The maximum Gasteiger partial charge on any atom is 0.421 e. The highest BCUT2D eigenvalue weighted by molar-refractivity contribution is 5.99. The molecule has 2 aromatic carbocycles. The van der Waals surface area contributed by atoms with Gasteiger partial charge in [-0.3, -0.25) is 4.79 Å². The number of fused-ring (bicyclic) bond motifs is 1. The zero-order chi connectivity index (χ0) is 23.6. The fourth-order valence-corrected chi connectivity index (χ4v) is 3.60. The van der Waals surface area contributed by atoms with Crippen LogP contribution in [-0.2, 0) is 23.9 Å². The molecule has 0 spiro atoms. The molecule has 0 saturated heterocycles. The summed E-state index contributed by atoms with van der Waals surface area (Å²) in [6.45, 7) is 4.74. The van der Waals surface area contributed by atoms with Crippen LogP contribution in [0.3, 0.4) is 0 Å². The number of aryl methyl sites for hydroxylation is 1. The molecule has 172 valence electrons. The van der Waals surface area contributed by atoms with Gasteiger partial charge in [0, 0.05) is 36.3 Å². The highest BCUT2D eigenvalue weighted by atomic mass is 19.4. The van der Waals surface area contributed by atoms with Gasteiger partial charge in [-0.05, 0) is 54.8 Å². The summed E-state index contributed by atoms with van der Waals surface area (Å²) in [6, 6.07) is 10.9. The van der Waals surface area contributed by atoms with Crippen LogP contribution in [-0.4, -0.2) is 22.4 Å². The first-order valence-electron chi connectivity index (χ1n) is 10.4. The SMILES string of the molecule is CCNc1cc(C)ccc1CNc1nc(Nc2ccc3c(c2)CC(=O)N3)ncc1C(F)(F)F. The molecule has 4 N–H and O–H groups in total. The number of amides is 1. The molecule has 0 radical (unpaired) electrons. The van der Waals surface area contributed by atoms with Gasteiger partial charge in [-0.1, -0.05) is 12.1 Å². The Labute approximate surface area is 188 Å². The summed E-state index contributed by atoms with van der Waals surface area (Å²) < 4.78 is 40.7. The lowest BCUT2D eigenvalue weighted by Gasteiger charge is -2.17. The van der Waals surface area contributed by atoms with Crippen LogP contribution in [0, 0.1) is 6.92 Å². The summed E-state index contributed by atoms with van der Waals surface area (Å²) in [6.07, 6.45) is -3.61. The molecule has 0 aliphatic carbocycles. The molecule has 7 nitrogen and oxygen atoms in total. The molecule has 33 heavy (non-hydrogen) atoms. The van der Waals surface area contributed by atoms with Crippen LogP contribution in [0.2, 0.25) is 0 Å². The molecule has 2 heterocycles. The second-order valence-corrected chi connectivity index (χ2v) is 7.72. The minimum atomic E-state index is -4.61. The molecular weight excluding hydrogens is 433 g/mol. The Bertz CT molecular complexity index is 1200. The van der Waals surface area contributed by atoms with Crippen molar-refractivity contribution in [3.63, 3.8) is 0 Å². The summed E-state index contributed by atoms with van der Waals surface area (Å²) in [7, 11) is 0. The quantitative estimate of drug-likeness (QED) is 0.396. The van der Waals surface area contributed by atoms with E-state index in [2.05, 4.69) is 31.2 Å². The van der Waals surface area contributed by atoms with Gasteiger partial charge in [0.2, 0.25) is 11.9 Å². The first-order valence-corrected chi connectivity index (χ1v) is 10.4. The standard InChI is InChI=1S/C23H23F3N6O/c1-3-27-19-8-13(2)4-5-14(19)11-28-21-17(23(24,25)26)12-29-22(32-21)30-16-6-7-18-15(9-16)10-20(33)31-18/h4-9,12,27H,3,10-11H2,1-2H3,(H,31,33)(H2,28,29,30,32). The van der Waals surface area contributed by atoms with E-state index >= 15 is 0 Å². The van der Waals surface area contributed by atoms with Crippen molar-refractivity contribution in [3.05, 3.63) is 64.8 Å². The summed E-state index contributed by atoms with van der Waals surface area (Å²) >= 11 is 0. The third-order valence-electron chi connectivity index (χ3n) is 5.16. The molecule has 0 unspecified atom stereocenters. The zero-order valence-electron chi connectivity index (χ0n) is 18.1. The fourth-order valence-electron chi connectivity index (χ4n) is 3.60. The summed E-state index contributed by atoms with van der Waals surface area (Å²) in [5.74, 6) is -0.410. The summed E-state index contributed by atoms with van der Waals surface area (Å²) in [4.78, 5) is 19.5. The predicted molar refractivity (Wildman–Crippen MR) is 122 cm³/mol. The topological polar surface area (TPSA) is 91.0 Å². The van der Waals surface area contributed by atoms with E-state index in [-0.39, 0.29) is 30.6 Å². The van der Waals surface area contributed by atoms with Gasteiger partial charge in [-0.2, -0.15) is 18.2 Å². The molecule has 1 aliphatic rings. The van der Waals surface area contributed by atoms with Gasteiger partial charge < -0.3 is 21.3 Å². The number of rotatable bonds is 7. The Morgan fingerprint density at radius 1 is 1.12 bits per heavy atom. The number of hydrogen-bond acceptors (Lipinski definition) is 6. The van der Waals surface area contributed by atoms with Crippen molar-refractivity contribution in [2.75, 3.05) is 27.8 Å². The van der Waals surface area contributed by atoms with Crippen molar-refractivity contribution in [2.24, 2.45) is 0 Å². The monoisotopic (exact) mass is 456 g/mol. The molecule has 0 atom stereocenters. The number of benzene rings is 2. The highest BCUT2D eigenvalue weighted by Crippen LogP contribution is 2.35. The average molecular weight is 456 g/mol. The first-order chi connectivity index (χ1) is 15.7. The number of carbonyl (C=O) groups excluding carboxylic acids is 1. The van der Waals surface area contributed by atoms with Crippen LogP contribution < -0.4 is 21.3 Å². The number of alkyl halides is 3. The predicted octanol–water partition coefficient (Wildman–Crippen LogP) is 5.09. The molecule has 1 aromatic heterocycles. The van der Waals surface area contributed by atoms with E-state index in [0.29, 0.717) is 12.2 Å².